The number of nitrogens with one attached hydrogen (secondary N) is 1. The largest absolute Gasteiger partial charge is 0.484 e. The molecule has 0 radical (unpaired) electrons. The van der Waals surface area contributed by atoms with Crippen LogP contribution in [0.15, 0.2) is 48.5 Å². The van der Waals surface area contributed by atoms with Crippen LogP contribution in [0.1, 0.15) is 50.3 Å². The summed E-state index contributed by atoms with van der Waals surface area (Å²) in [5, 5.41) is 2.99. The van der Waals surface area contributed by atoms with Crippen molar-refractivity contribution in [3.63, 3.8) is 0 Å². The Morgan fingerprint density at radius 1 is 1.00 bits per heavy atom. The van der Waals surface area contributed by atoms with Crippen molar-refractivity contribution in [2.75, 3.05) is 19.7 Å². The van der Waals surface area contributed by atoms with Crippen LogP contribution in [0, 0.1) is 0 Å². The van der Waals surface area contributed by atoms with E-state index in [1.165, 1.54) is 42.6 Å². The molecule has 0 unspecified atom stereocenters. The van der Waals surface area contributed by atoms with Gasteiger partial charge in [-0.15, -0.1) is 0 Å². The van der Waals surface area contributed by atoms with E-state index in [-0.39, 0.29) is 17.9 Å². The van der Waals surface area contributed by atoms with E-state index in [0.29, 0.717) is 6.54 Å². The highest BCUT2D eigenvalue weighted by Gasteiger charge is 2.15. The molecule has 2 aromatic carbocycles. The number of nitrogens with zero attached hydrogens (tertiary/aromatic N) is 1. The van der Waals surface area contributed by atoms with Gasteiger partial charge in [0.2, 0.25) is 0 Å². The Kier molecular flexibility index (Phi) is 6.74. The molecule has 4 heteroatoms. The standard InChI is InChI=1S/C24H32N2O2/c1-24(2,3)21-10-12-22(13-11-21)28-18-23(27)25-16-19-8-4-5-9-20(19)17-26-14-6-7-15-26/h4-5,8-13H,6-7,14-18H2,1-3H3,(H,25,27). The molecule has 0 atom stereocenters. The van der Waals surface area contributed by atoms with Crippen molar-refractivity contribution < 1.29 is 9.53 Å². The van der Waals surface area contributed by atoms with Crippen molar-refractivity contribution in [3.05, 3.63) is 65.2 Å². The number of hydrogen-bond donors (Lipinski definition) is 1. The summed E-state index contributed by atoms with van der Waals surface area (Å²) in [7, 11) is 0. The number of amides is 1. The predicted molar refractivity (Wildman–Crippen MR) is 113 cm³/mol. The molecule has 1 aliphatic rings. The smallest absolute Gasteiger partial charge is 0.258 e. The van der Waals surface area contributed by atoms with Gasteiger partial charge >= 0.3 is 0 Å². The zero-order chi connectivity index (χ0) is 20.0. The van der Waals surface area contributed by atoms with Crippen LogP contribution in [0.4, 0.5) is 0 Å². The average molecular weight is 381 g/mol. The molecule has 1 saturated heterocycles. The predicted octanol–water partition coefficient (Wildman–Crippen LogP) is 4.28. The summed E-state index contributed by atoms with van der Waals surface area (Å²) < 4.78 is 5.64. The molecule has 150 valence electrons. The zero-order valence-electron chi connectivity index (χ0n) is 17.3. The van der Waals surface area contributed by atoms with Crippen molar-refractivity contribution >= 4 is 5.91 Å². The first kappa shape index (κ1) is 20.4. The summed E-state index contributed by atoms with van der Waals surface area (Å²) in [6, 6.07) is 16.3. The fraction of sp³-hybridized carbons (Fsp3) is 0.458. The molecule has 28 heavy (non-hydrogen) atoms. The van der Waals surface area contributed by atoms with E-state index in [1.807, 2.05) is 18.2 Å². The summed E-state index contributed by atoms with van der Waals surface area (Å²) in [4.78, 5) is 14.7. The van der Waals surface area contributed by atoms with Crippen LogP contribution in [-0.2, 0) is 23.3 Å². The van der Waals surface area contributed by atoms with Crippen LogP contribution in [0.25, 0.3) is 0 Å². The summed E-state index contributed by atoms with van der Waals surface area (Å²) in [5.41, 5.74) is 3.83. The second-order valence-electron chi connectivity index (χ2n) is 8.59. The quantitative estimate of drug-likeness (QED) is 0.780. The summed E-state index contributed by atoms with van der Waals surface area (Å²) >= 11 is 0. The molecule has 1 N–H and O–H groups in total. The van der Waals surface area contributed by atoms with Crippen molar-refractivity contribution in [2.24, 2.45) is 0 Å². The fourth-order valence-electron chi connectivity index (χ4n) is 3.51. The van der Waals surface area contributed by atoms with E-state index in [9.17, 15) is 4.79 Å². The Morgan fingerprint density at radius 3 is 2.29 bits per heavy atom. The van der Waals surface area contributed by atoms with Crippen molar-refractivity contribution in [2.45, 2.75) is 52.1 Å². The molecule has 3 rings (SSSR count). The van der Waals surface area contributed by atoms with Gasteiger partial charge in [0.25, 0.3) is 5.91 Å². The Hall–Kier alpha value is -2.33. The summed E-state index contributed by atoms with van der Waals surface area (Å²) in [6.45, 7) is 10.4. The molecule has 1 aliphatic heterocycles. The van der Waals surface area contributed by atoms with Gasteiger partial charge in [-0.05, 0) is 60.2 Å². The number of carbonyl (C=O) groups is 1. The average Bonchev–Trinajstić information content (AvgIpc) is 3.18. The molecular weight excluding hydrogens is 348 g/mol. The summed E-state index contributed by atoms with van der Waals surface area (Å²) in [5.74, 6) is 0.619. The normalized spacial score (nSPS) is 14.8. The van der Waals surface area contributed by atoms with Gasteiger partial charge in [-0.25, -0.2) is 0 Å². The van der Waals surface area contributed by atoms with Crippen LogP contribution in [-0.4, -0.2) is 30.5 Å². The highest BCUT2D eigenvalue weighted by molar-refractivity contribution is 5.77. The molecule has 1 amide bonds. The minimum Gasteiger partial charge on any atom is -0.484 e. The Morgan fingerprint density at radius 2 is 1.64 bits per heavy atom. The van der Waals surface area contributed by atoms with E-state index >= 15 is 0 Å². The van der Waals surface area contributed by atoms with Gasteiger partial charge in [-0.3, -0.25) is 9.69 Å². The van der Waals surface area contributed by atoms with Gasteiger partial charge in [0, 0.05) is 13.1 Å². The second kappa shape index (κ2) is 9.24. The first-order valence-corrected chi connectivity index (χ1v) is 10.2. The number of ether oxygens (including phenoxy) is 1. The van der Waals surface area contributed by atoms with E-state index in [0.717, 1.165) is 12.3 Å². The van der Waals surface area contributed by atoms with E-state index in [2.05, 4.69) is 61.3 Å². The van der Waals surface area contributed by atoms with Crippen molar-refractivity contribution in [1.82, 2.24) is 10.2 Å². The number of likely N-dealkylation sites (tertiary alicyclic amines) is 1. The van der Waals surface area contributed by atoms with E-state index < -0.39 is 0 Å². The van der Waals surface area contributed by atoms with E-state index in [4.69, 9.17) is 4.74 Å². The van der Waals surface area contributed by atoms with Crippen LogP contribution in [0.2, 0.25) is 0 Å². The van der Waals surface area contributed by atoms with Gasteiger partial charge < -0.3 is 10.1 Å². The lowest BCUT2D eigenvalue weighted by molar-refractivity contribution is -0.123. The first-order chi connectivity index (χ1) is 13.4. The Labute approximate surface area is 168 Å². The minimum absolute atomic E-state index is 0.0309. The van der Waals surface area contributed by atoms with Crippen molar-refractivity contribution in [3.8, 4) is 5.75 Å². The van der Waals surface area contributed by atoms with E-state index in [1.54, 1.807) is 0 Å². The van der Waals surface area contributed by atoms with Crippen molar-refractivity contribution in [1.29, 1.82) is 0 Å². The SMILES string of the molecule is CC(C)(C)c1ccc(OCC(=O)NCc2ccccc2CN2CCCC2)cc1. The third-order valence-corrected chi connectivity index (χ3v) is 5.28. The van der Waals surface area contributed by atoms with Gasteiger partial charge in [-0.1, -0.05) is 57.2 Å². The number of carbonyl (C=O) groups excluding carboxylic acids is 1. The first-order valence-electron chi connectivity index (χ1n) is 10.2. The maximum absolute atomic E-state index is 12.2. The molecule has 0 aromatic heterocycles. The fourth-order valence-corrected chi connectivity index (χ4v) is 3.51. The molecule has 2 aromatic rings. The van der Waals surface area contributed by atoms with Gasteiger partial charge in [0.05, 0.1) is 0 Å². The monoisotopic (exact) mass is 380 g/mol. The molecule has 0 spiro atoms. The third-order valence-electron chi connectivity index (χ3n) is 5.28. The molecule has 0 saturated carbocycles. The summed E-state index contributed by atoms with van der Waals surface area (Å²) in [6.07, 6.45) is 2.57. The van der Waals surface area contributed by atoms with Crippen LogP contribution in [0.5, 0.6) is 5.75 Å². The lowest BCUT2D eigenvalue weighted by Gasteiger charge is -2.19. The lowest BCUT2D eigenvalue weighted by atomic mass is 9.87. The molecule has 0 aliphatic carbocycles. The third kappa shape index (κ3) is 5.83. The minimum atomic E-state index is -0.101. The van der Waals surface area contributed by atoms with Crippen LogP contribution in [0.3, 0.4) is 0 Å². The van der Waals surface area contributed by atoms with Gasteiger partial charge in [0.15, 0.2) is 6.61 Å². The number of hydrogen-bond acceptors (Lipinski definition) is 3. The zero-order valence-corrected chi connectivity index (χ0v) is 17.3. The molecular formula is C24H32N2O2. The van der Waals surface area contributed by atoms with Crippen LogP contribution >= 0.6 is 0 Å². The highest BCUT2D eigenvalue weighted by atomic mass is 16.5. The molecule has 1 heterocycles. The van der Waals surface area contributed by atoms with Gasteiger partial charge in [0.1, 0.15) is 5.75 Å². The Balaban J connectivity index is 1.48. The van der Waals surface area contributed by atoms with Crippen LogP contribution < -0.4 is 10.1 Å². The maximum atomic E-state index is 12.2. The lowest BCUT2D eigenvalue weighted by Crippen LogP contribution is -2.29. The molecule has 1 fully saturated rings. The number of rotatable bonds is 7. The number of benzene rings is 2. The Bertz CT molecular complexity index is 772. The molecule has 0 bridgehead atoms. The second-order valence-corrected chi connectivity index (χ2v) is 8.59. The topological polar surface area (TPSA) is 41.6 Å². The van der Waals surface area contributed by atoms with Gasteiger partial charge in [-0.2, -0.15) is 0 Å². The molecule has 4 nitrogen and oxygen atoms in total. The highest BCUT2D eigenvalue weighted by Crippen LogP contribution is 2.24. The maximum Gasteiger partial charge on any atom is 0.258 e.